The molecule has 0 aromatic heterocycles. The van der Waals surface area contributed by atoms with Crippen molar-refractivity contribution >= 4 is 33.4 Å². The van der Waals surface area contributed by atoms with Crippen molar-refractivity contribution < 1.29 is 26.4 Å². The fourth-order valence-corrected chi connectivity index (χ4v) is 5.58. The van der Waals surface area contributed by atoms with Crippen LogP contribution in [0.1, 0.15) is 31.2 Å². The van der Waals surface area contributed by atoms with Crippen LogP contribution in [0.2, 0.25) is 5.02 Å². The van der Waals surface area contributed by atoms with Crippen LogP contribution in [0.3, 0.4) is 0 Å². The van der Waals surface area contributed by atoms with Crippen LogP contribution in [0, 0.1) is 0 Å². The van der Waals surface area contributed by atoms with Gasteiger partial charge in [-0.15, -0.1) is 0 Å². The first-order valence-electron chi connectivity index (χ1n) is 10.2. The van der Waals surface area contributed by atoms with Crippen LogP contribution < -0.4 is 5.32 Å². The summed E-state index contributed by atoms with van der Waals surface area (Å²) in [6.07, 6.45) is -0.760. The second-order valence-corrected chi connectivity index (χ2v) is 10.1. The highest BCUT2D eigenvalue weighted by molar-refractivity contribution is 7.86. The summed E-state index contributed by atoms with van der Waals surface area (Å²) in [5, 5.41) is 2.43. The SMILES string of the molecule is O=C(CN1CCN(S(=O)(=O)N2CCCCCC2)CC1)Nc1cc(C(F)(F)F)ccc1Cl. The minimum absolute atomic E-state index is 0.00899. The third-order valence-corrected chi connectivity index (χ3v) is 7.85. The van der Waals surface area contributed by atoms with Gasteiger partial charge < -0.3 is 5.32 Å². The van der Waals surface area contributed by atoms with E-state index in [0.717, 1.165) is 43.9 Å². The van der Waals surface area contributed by atoms with Gasteiger partial charge >= 0.3 is 6.18 Å². The lowest BCUT2D eigenvalue weighted by atomic mass is 10.2. The fourth-order valence-electron chi connectivity index (χ4n) is 3.74. The second kappa shape index (κ2) is 10.0. The number of piperazine rings is 1. The number of carbonyl (C=O) groups is 1. The molecule has 12 heteroatoms. The topological polar surface area (TPSA) is 73.0 Å². The number of hydrogen-bond acceptors (Lipinski definition) is 4. The zero-order chi connectivity index (χ0) is 22.6. The predicted octanol–water partition coefficient (Wildman–Crippen LogP) is 3.04. The number of anilines is 1. The summed E-state index contributed by atoms with van der Waals surface area (Å²) < 4.78 is 67.3. The monoisotopic (exact) mass is 482 g/mol. The lowest BCUT2D eigenvalue weighted by Gasteiger charge is -2.36. The standard InChI is InChI=1S/C19H26ClF3N4O3S/c20-16-6-5-15(19(21,22)23)13-17(16)24-18(28)14-25-9-11-27(12-10-25)31(29,30)26-7-3-1-2-4-8-26/h5-6,13H,1-4,7-12,14H2,(H,24,28). The van der Waals surface area contributed by atoms with Crippen LogP contribution in [0.5, 0.6) is 0 Å². The van der Waals surface area contributed by atoms with Crippen LogP contribution in [-0.4, -0.2) is 73.6 Å². The van der Waals surface area contributed by atoms with Crippen molar-refractivity contribution in [2.24, 2.45) is 0 Å². The molecule has 0 aliphatic carbocycles. The van der Waals surface area contributed by atoms with Gasteiger partial charge in [-0.05, 0) is 31.0 Å². The zero-order valence-corrected chi connectivity index (χ0v) is 18.6. The quantitative estimate of drug-likeness (QED) is 0.700. The van der Waals surface area contributed by atoms with E-state index in [1.807, 2.05) is 0 Å². The Morgan fingerprint density at radius 3 is 2.13 bits per heavy atom. The third-order valence-electron chi connectivity index (χ3n) is 5.48. The molecule has 2 fully saturated rings. The molecule has 7 nitrogen and oxygen atoms in total. The largest absolute Gasteiger partial charge is 0.416 e. The van der Waals surface area contributed by atoms with Crippen LogP contribution in [0.15, 0.2) is 18.2 Å². The molecule has 174 valence electrons. The molecule has 2 aliphatic rings. The van der Waals surface area contributed by atoms with Gasteiger partial charge in [0.25, 0.3) is 10.2 Å². The summed E-state index contributed by atoms with van der Waals surface area (Å²) in [4.78, 5) is 14.1. The molecule has 2 aliphatic heterocycles. The van der Waals surface area contributed by atoms with E-state index in [0.29, 0.717) is 26.2 Å². The number of amides is 1. The van der Waals surface area contributed by atoms with Crippen molar-refractivity contribution in [2.45, 2.75) is 31.9 Å². The van der Waals surface area contributed by atoms with Gasteiger partial charge in [-0.3, -0.25) is 9.69 Å². The zero-order valence-electron chi connectivity index (χ0n) is 17.0. The smallest absolute Gasteiger partial charge is 0.324 e. The number of carbonyl (C=O) groups excluding carboxylic acids is 1. The van der Waals surface area contributed by atoms with E-state index in [2.05, 4.69) is 5.32 Å². The van der Waals surface area contributed by atoms with Crippen LogP contribution >= 0.6 is 11.6 Å². The Bertz CT molecular complexity index is 882. The summed E-state index contributed by atoms with van der Waals surface area (Å²) in [6, 6.07) is 2.74. The van der Waals surface area contributed by atoms with Gasteiger partial charge in [-0.1, -0.05) is 24.4 Å². The van der Waals surface area contributed by atoms with Crippen LogP contribution in [0.4, 0.5) is 18.9 Å². The molecule has 1 N–H and O–H groups in total. The van der Waals surface area contributed by atoms with Crippen molar-refractivity contribution in [1.29, 1.82) is 0 Å². The van der Waals surface area contributed by atoms with Gasteiger partial charge in [0.1, 0.15) is 0 Å². The Hall–Kier alpha value is -1.40. The molecule has 31 heavy (non-hydrogen) atoms. The molecule has 0 radical (unpaired) electrons. The molecular formula is C19H26ClF3N4O3S. The highest BCUT2D eigenvalue weighted by Gasteiger charge is 2.33. The number of halogens is 4. The van der Waals surface area contributed by atoms with E-state index >= 15 is 0 Å². The maximum Gasteiger partial charge on any atom is 0.416 e. The lowest BCUT2D eigenvalue weighted by molar-refractivity contribution is -0.137. The van der Waals surface area contributed by atoms with Gasteiger partial charge in [-0.25, -0.2) is 0 Å². The predicted molar refractivity (Wildman–Crippen MR) is 112 cm³/mol. The van der Waals surface area contributed by atoms with Crippen molar-refractivity contribution in [1.82, 2.24) is 13.5 Å². The van der Waals surface area contributed by atoms with Crippen molar-refractivity contribution in [3.63, 3.8) is 0 Å². The molecular weight excluding hydrogens is 457 g/mol. The summed E-state index contributed by atoms with van der Waals surface area (Å²) in [7, 11) is -3.52. The van der Waals surface area contributed by atoms with Crippen molar-refractivity contribution in [2.75, 3.05) is 51.1 Å². The fraction of sp³-hybridized carbons (Fsp3) is 0.632. The summed E-state index contributed by atoms with van der Waals surface area (Å²) in [5.41, 5.74) is -1.01. The number of rotatable bonds is 5. The normalized spacial score (nSPS) is 20.4. The molecule has 0 saturated carbocycles. The van der Waals surface area contributed by atoms with E-state index in [1.54, 1.807) is 4.90 Å². The van der Waals surface area contributed by atoms with E-state index in [9.17, 15) is 26.4 Å². The van der Waals surface area contributed by atoms with E-state index in [-0.39, 0.29) is 30.3 Å². The highest BCUT2D eigenvalue weighted by atomic mass is 35.5. The van der Waals surface area contributed by atoms with Gasteiger partial charge in [-0.2, -0.15) is 30.2 Å². The Labute approximate surface area is 185 Å². The van der Waals surface area contributed by atoms with E-state index < -0.39 is 27.9 Å². The van der Waals surface area contributed by atoms with Crippen LogP contribution in [-0.2, 0) is 21.2 Å². The summed E-state index contributed by atoms with van der Waals surface area (Å²) >= 11 is 5.91. The minimum atomic E-state index is -4.54. The average molecular weight is 483 g/mol. The molecule has 2 heterocycles. The number of hydrogen-bond donors (Lipinski definition) is 1. The first-order chi connectivity index (χ1) is 14.6. The molecule has 3 rings (SSSR count). The second-order valence-electron chi connectivity index (χ2n) is 7.74. The summed E-state index contributed by atoms with van der Waals surface area (Å²) in [5.74, 6) is -0.509. The number of nitrogens with zero attached hydrogens (tertiary/aromatic N) is 3. The minimum Gasteiger partial charge on any atom is -0.324 e. The molecule has 2 saturated heterocycles. The van der Waals surface area contributed by atoms with Gasteiger partial charge in [0.05, 0.1) is 22.8 Å². The first-order valence-corrected chi connectivity index (χ1v) is 12.0. The van der Waals surface area contributed by atoms with Gasteiger partial charge in [0.2, 0.25) is 5.91 Å². The molecule has 0 unspecified atom stereocenters. The molecule has 1 amide bonds. The number of benzene rings is 1. The Kier molecular flexibility index (Phi) is 7.85. The molecule has 1 aromatic carbocycles. The molecule has 0 atom stereocenters. The highest BCUT2D eigenvalue weighted by Crippen LogP contribution is 2.33. The van der Waals surface area contributed by atoms with Crippen molar-refractivity contribution in [3.05, 3.63) is 28.8 Å². The van der Waals surface area contributed by atoms with Crippen molar-refractivity contribution in [3.8, 4) is 0 Å². The lowest BCUT2D eigenvalue weighted by Crippen LogP contribution is -2.54. The van der Waals surface area contributed by atoms with Gasteiger partial charge in [0.15, 0.2) is 0 Å². The van der Waals surface area contributed by atoms with Gasteiger partial charge in [0, 0.05) is 39.3 Å². The Balaban J connectivity index is 1.53. The molecule has 0 bridgehead atoms. The first kappa shape index (κ1) is 24.2. The van der Waals surface area contributed by atoms with Crippen LogP contribution in [0.25, 0.3) is 0 Å². The van der Waals surface area contributed by atoms with E-state index in [1.165, 1.54) is 8.61 Å². The third kappa shape index (κ3) is 6.32. The maximum absolute atomic E-state index is 12.9. The van der Waals surface area contributed by atoms with E-state index in [4.69, 9.17) is 11.6 Å². The Morgan fingerprint density at radius 2 is 1.55 bits per heavy atom. The number of nitrogens with one attached hydrogen (secondary N) is 1. The average Bonchev–Trinajstić information content (AvgIpc) is 2.99. The molecule has 0 spiro atoms. The molecule has 1 aromatic rings. The maximum atomic E-state index is 12.9. The summed E-state index contributed by atoms with van der Waals surface area (Å²) in [6.45, 7) is 2.23. The number of alkyl halides is 3. The Morgan fingerprint density at radius 1 is 0.968 bits per heavy atom.